The van der Waals surface area contributed by atoms with E-state index in [1.165, 1.54) is 27.8 Å². The van der Waals surface area contributed by atoms with E-state index in [4.69, 9.17) is 0 Å². The Morgan fingerprint density at radius 2 is 1.47 bits per heavy atom. The lowest BCUT2D eigenvalue weighted by atomic mass is 9.89. The quantitative estimate of drug-likeness (QED) is 0.405. The fourth-order valence-electron chi connectivity index (χ4n) is 5.11. The first kappa shape index (κ1) is 18.9. The number of para-hydroxylation sites is 1. The summed E-state index contributed by atoms with van der Waals surface area (Å²) in [7, 11) is 0. The Labute approximate surface area is 188 Å². The fourth-order valence-corrected chi connectivity index (χ4v) is 5.11. The summed E-state index contributed by atoms with van der Waals surface area (Å²) in [5.74, 6) is 0.132. The number of nitrogens with zero attached hydrogens (tertiary/aromatic N) is 2. The van der Waals surface area contributed by atoms with Gasteiger partial charge in [0.2, 0.25) is 0 Å². The highest BCUT2D eigenvalue weighted by molar-refractivity contribution is 6.02. The van der Waals surface area contributed by atoms with Crippen LogP contribution in [-0.4, -0.2) is 17.4 Å². The van der Waals surface area contributed by atoms with Gasteiger partial charge in [-0.05, 0) is 46.4 Å². The van der Waals surface area contributed by atoms with Gasteiger partial charge in [-0.15, -0.1) is 0 Å². The van der Waals surface area contributed by atoms with E-state index in [9.17, 15) is 4.79 Å². The standard InChI is InChI=1S/C29H24N2O/c32-29-26-13-7-8-14-27(26)31(20-21-9-3-1-4-10-21)28-25-16-15-23(22-11-5-2-6-12-22)19-24(25)17-18-30(28)29/h1-16,19,28H,17-18,20H2. The van der Waals surface area contributed by atoms with Crippen molar-refractivity contribution in [1.82, 2.24) is 4.90 Å². The molecule has 0 aliphatic carbocycles. The van der Waals surface area contributed by atoms with E-state index in [0.29, 0.717) is 0 Å². The average molecular weight is 417 g/mol. The first-order valence-electron chi connectivity index (χ1n) is 11.2. The minimum Gasteiger partial charge on any atom is -0.342 e. The van der Waals surface area contributed by atoms with Gasteiger partial charge in [0.15, 0.2) is 0 Å². The van der Waals surface area contributed by atoms with Gasteiger partial charge in [0.05, 0.1) is 11.3 Å². The van der Waals surface area contributed by atoms with Crippen molar-refractivity contribution >= 4 is 11.6 Å². The van der Waals surface area contributed by atoms with E-state index in [-0.39, 0.29) is 12.1 Å². The monoisotopic (exact) mass is 416 g/mol. The molecule has 1 amide bonds. The molecule has 1 unspecified atom stereocenters. The number of hydrogen-bond donors (Lipinski definition) is 0. The molecule has 4 aromatic rings. The molecule has 0 spiro atoms. The van der Waals surface area contributed by atoms with E-state index in [1.54, 1.807) is 0 Å². The zero-order chi connectivity index (χ0) is 21.5. The molecule has 0 aromatic heterocycles. The van der Waals surface area contributed by atoms with Crippen LogP contribution in [0.3, 0.4) is 0 Å². The number of rotatable bonds is 3. The highest BCUT2D eigenvalue weighted by Crippen LogP contribution is 2.43. The lowest BCUT2D eigenvalue weighted by molar-refractivity contribution is 0.0629. The van der Waals surface area contributed by atoms with Crippen molar-refractivity contribution in [3.8, 4) is 11.1 Å². The van der Waals surface area contributed by atoms with Crippen LogP contribution >= 0.6 is 0 Å². The first-order valence-corrected chi connectivity index (χ1v) is 11.2. The molecule has 2 aliphatic heterocycles. The van der Waals surface area contributed by atoms with E-state index in [0.717, 1.165) is 30.8 Å². The summed E-state index contributed by atoms with van der Waals surface area (Å²) in [5, 5.41) is 0. The van der Waals surface area contributed by atoms with Crippen molar-refractivity contribution in [2.24, 2.45) is 0 Å². The number of anilines is 1. The van der Waals surface area contributed by atoms with Crippen LogP contribution in [0.2, 0.25) is 0 Å². The molecule has 32 heavy (non-hydrogen) atoms. The average Bonchev–Trinajstić information content (AvgIpc) is 2.87. The summed E-state index contributed by atoms with van der Waals surface area (Å²) in [6.45, 7) is 1.49. The van der Waals surface area contributed by atoms with Gasteiger partial charge in [-0.2, -0.15) is 0 Å². The number of fused-ring (bicyclic) bond motifs is 4. The van der Waals surface area contributed by atoms with Crippen LogP contribution < -0.4 is 4.90 Å². The van der Waals surface area contributed by atoms with E-state index >= 15 is 0 Å². The maximum absolute atomic E-state index is 13.4. The number of hydrogen-bond acceptors (Lipinski definition) is 2. The molecule has 0 fully saturated rings. The molecule has 1 atom stereocenters. The van der Waals surface area contributed by atoms with Crippen LogP contribution in [-0.2, 0) is 13.0 Å². The van der Waals surface area contributed by atoms with Crippen molar-refractivity contribution in [1.29, 1.82) is 0 Å². The molecule has 2 heterocycles. The first-order chi connectivity index (χ1) is 15.8. The molecule has 0 saturated carbocycles. The number of amides is 1. The number of carbonyl (C=O) groups excluding carboxylic acids is 1. The maximum atomic E-state index is 13.4. The molecule has 6 rings (SSSR count). The van der Waals surface area contributed by atoms with Gasteiger partial charge < -0.3 is 9.80 Å². The Hall–Kier alpha value is -3.85. The predicted octanol–water partition coefficient (Wildman–Crippen LogP) is 6.07. The third-order valence-electron chi connectivity index (χ3n) is 6.64. The van der Waals surface area contributed by atoms with Crippen molar-refractivity contribution in [2.75, 3.05) is 11.4 Å². The van der Waals surface area contributed by atoms with Crippen LogP contribution in [0.1, 0.15) is 33.2 Å². The van der Waals surface area contributed by atoms with Crippen molar-refractivity contribution in [3.63, 3.8) is 0 Å². The third-order valence-corrected chi connectivity index (χ3v) is 6.64. The van der Waals surface area contributed by atoms with Crippen LogP contribution in [0.4, 0.5) is 5.69 Å². The third kappa shape index (κ3) is 3.09. The second kappa shape index (κ2) is 7.69. The van der Waals surface area contributed by atoms with Gasteiger partial charge in [-0.3, -0.25) is 4.79 Å². The zero-order valence-electron chi connectivity index (χ0n) is 17.8. The van der Waals surface area contributed by atoms with Crippen LogP contribution in [0, 0.1) is 0 Å². The topological polar surface area (TPSA) is 23.6 Å². The zero-order valence-corrected chi connectivity index (χ0v) is 17.8. The fraction of sp³-hybridized carbons (Fsp3) is 0.138. The van der Waals surface area contributed by atoms with Crippen LogP contribution in [0.5, 0.6) is 0 Å². The molecular formula is C29H24N2O. The second-order valence-corrected chi connectivity index (χ2v) is 8.53. The van der Waals surface area contributed by atoms with Gasteiger partial charge in [0.1, 0.15) is 6.17 Å². The van der Waals surface area contributed by atoms with Gasteiger partial charge in [0.25, 0.3) is 5.91 Å². The Kier molecular flexibility index (Phi) is 4.53. The van der Waals surface area contributed by atoms with Gasteiger partial charge >= 0.3 is 0 Å². The molecule has 3 nitrogen and oxygen atoms in total. The van der Waals surface area contributed by atoms with Crippen molar-refractivity contribution in [2.45, 2.75) is 19.1 Å². The highest BCUT2D eigenvalue weighted by Gasteiger charge is 2.41. The molecule has 4 aromatic carbocycles. The molecule has 0 radical (unpaired) electrons. The van der Waals surface area contributed by atoms with Gasteiger partial charge in [-0.1, -0.05) is 91.0 Å². The molecule has 0 bridgehead atoms. The largest absolute Gasteiger partial charge is 0.342 e. The Bertz CT molecular complexity index is 1280. The molecular weight excluding hydrogens is 392 g/mol. The summed E-state index contributed by atoms with van der Waals surface area (Å²) in [5.41, 5.74) is 8.07. The van der Waals surface area contributed by atoms with Crippen molar-refractivity contribution < 1.29 is 4.79 Å². The summed E-state index contributed by atoms with van der Waals surface area (Å²) < 4.78 is 0. The highest BCUT2D eigenvalue weighted by atomic mass is 16.2. The molecule has 2 aliphatic rings. The van der Waals surface area contributed by atoms with Gasteiger partial charge in [-0.25, -0.2) is 0 Å². The molecule has 0 saturated heterocycles. The molecule has 3 heteroatoms. The van der Waals surface area contributed by atoms with Crippen LogP contribution in [0.15, 0.2) is 103 Å². The van der Waals surface area contributed by atoms with E-state index < -0.39 is 0 Å². The van der Waals surface area contributed by atoms with E-state index in [2.05, 4.69) is 82.6 Å². The lowest BCUT2D eigenvalue weighted by Gasteiger charge is -2.48. The summed E-state index contributed by atoms with van der Waals surface area (Å²) >= 11 is 0. The van der Waals surface area contributed by atoms with E-state index in [1.807, 2.05) is 30.3 Å². The smallest absolute Gasteiger partial charge is 0.257 e. The minimum atomic E-state index is -0.0915. The predicted molar refractivity (Wildman–Crippen MR) is 128 cm³/mol. The Balaban J connectivity index is 1.47. The van der Waals surface area contributed by atoms with Gasteiger partial charge in [0, 0.05) is 13.1 Å². The molecule has 156 valence electrons. The number of carbonyl (C=O) groups is 1. The Morgan fingerprint density at radius 3 is 2.28 bits per heavy atom. The maximum Gasteiger partial charge on any atom is 0.257 e. The summed E-state index contributed by atoms with van der Waals surface area (Å²) in [4.78, 5) is 17.9. The summed E-state index contributed by atoms with van der Waals surface area (Å²) in [6.07, 6.45) is 0.783. The number of benzene rings is 4. The minimum absolute atomic E-state index is 0.0915. The second-order valence-electron chi connectivity index (χ2n) is 8.53. The van der Waals surface area contributed by atoms with Crippen LogP contribution in [0.25, 0.3) is 11.1 Å². The summed E-state index contributed by atoms with van der Waals surface area (Å²) in [6, 6.07) is 35.8. The Morgan fingerprint density at radius 1 is 0.750 bits per heavy atom. The van der Waals surface area contributed by atoms with Crippen molar-refractivity contribution in [3.05, 3.63) is 125 Å². The SMILES string of the molecule is O=C1c2ccccc2N(Cc2ccccc2)C2c3ccc(-c4ccccc4)cc3CCN12. The lowest BCUT2D eigenvalue weighted by Crippen LogP contribution is -2.52. The molecule has 0 N–H and O–H groups in total. The normalized spacial score (nSPS) is 16.9.